The molecule has 0 aromatic heterocycles. The molecule has 1 saturated heterocycles. The number of fused-ring (bicyclic) bond motifs is 1. The molecule has 20 heavy (non-hydrogen) atoms. The molecule has 4 nitrogen and oxygen atoms in total. The van der Waals surface area contributed by atoms with Crippen LogP contribution in [0.4, 0.5) is 5.69 Å². The first-order valence-electron chi connectivity index (χ1n) is 7.08. The van der Waals surface area contributed by atoms with Gasteiger partial charge in [0.25, 0.3) is 0 Å². The lowest BCUT2D eigenvalue weighted by atomic mass is 9.89. The minimum absolute atomic E-state index is 0.253. The van der Waals surface area contributed by atoms with E-state index in [0.29, 0.717) is 18.2 Å². The van der Waals surface area contributed by atoms with E-state index < -0.39 is 5.97 Å². The van der Waals surface area contributed by atoms with Crippen LogP contribution in [0.2, 0.25) is 0 Å². The van der Waals surface area contributed by atoms with Gasteiger partial charge in [-0.25, -0.2) is 4.79 Å². The zero-order valence-electron chi connectivity index (χ0n) is 11.2. The van der Waals surface area contributed by atoms with Crippen LogP contribution in [0.3, 0.4) is 0 Å². The van der Waals surface area contributed by atoms with Crippen molar-refractivity contribution in [2.75, 3.05) is 18.1 Å². The Kier molecular flexibility index (Phi) is 3.98. The lowest BCUT2D eigenvalue weighted by Gasteiger charge is -2.45. The van der Waals surface area contributed by atoms with E-state index in [4.69, 9.17) is 4.74 Å². The number of morpholine rings is 1. The van der Waals surface area contributed by atoms with Crippen molar-refractivity contribution in [3.05, 3.63) is 28.2 Å². The quantitative estimate of drug-likeness (QED) is 0.898. The van der Waals surface area contributed by atoms with E-state index in [1.807, 2.05) is 12.1 Å². The summed E-state index contributed by atoms with van der Waals surface area (Å²) >= 11 is 3.35. The number of halogens is 1. The molecule has 2 unspecified atom stereocenters. The van der Waals surface area contributed by atoms with Gasteiger partial charge in [0.1, 0.15) is 0 Å². The number of anilines is 1. The molecular formula is C15H18BrNO3. The fourth-order valence-electron chi connectivity index (χ4n) is 3.33. The summed E-state index contributed by atoms with van der Waals surface area (Å²) in [5, 5.41) is 9.44. The average molecular weight is 340 g/mol. The van der Waals surface area contributed by atoms with E-state index in [9.17, 15) is 9.90 Å². The van der Waals surface area contributed by atoms with Crippen molar-refractivity contribution < 1.29 is 14.6 Å². The Morgan fingerprint density at radius 2 is 2.15 bits per heavy atom. The number of nitrogens with zero attached hydrogens (tertiary/aromatic N) is 1. The highest BCUT2D eigenvalue weighted by Crippen LogP contribution is 2.34. The van der Waals surface area contributed by atoms with Crippen molar-refractivity contribution in [2.24, 2.45) is 0 Å². The second kappa shape index (κ2) is 5.74. The molecule has 0 radical (unpaired) electrons. The molecule has 0 amide bonds. The molecule has 2 atom stereocenters. The van der Waals surface area contributed by atoms with Crippen molar-refractivity contribution in [1.29, 1.82) is 0 Å². The molecular weight excluding hydrogens is 322 g/mol. The van der Waals surface area contributed by atoms with Crippen LogP contribution < -0.4 is 4.90 Å². The van der Waals surface area contributed by atoms with E-state index >= 15 is 0 Å². The Balaban J connectivity index is 1.96. The molecule has 5 heteroatoms. The minimum Gasteiger partial charge on any atom is -0.478 e. The van der Waals surface area contributed by atoms with Gasteiger partial charge in [-0.2, -0.15) is 0 Å². The maximum absolute atomic E-state index is 11.5. The lowest BCUT2D eigenvalue weighted by molar-refractivity contribution is -0.00878. The minimum atomic E-state index is -0.875. The van der Waals surface area contributed by atoms with Crippen molar-refractivity contribution in [3.8, 4) is 0 Å². The maximum atomic E-state index is 11.5. The monoisotopic (exact) mass is 339 g/mol. The van der Waals surface area contributed by atoms with Gasteiger partial charge in [-0.1, -0.05) is 28.8 Å². The summed E-state index contributed by atoms with van der Waals surface area (Å²) in [7, 11) is 0. The number of rotatable bonds is 2. The average Bonchev–Trinajstić information content (AvgIpc) is 2.46. The second-order valence-electron chi connectivity index (χ2n) is 5.42. The van der Waals surface area contributed by atoms with E-state index in [1.54, 1.807) is 6.07 Å². The maximum Gasteiger partial charge on any atom is 0.337 e. The number of carbonyl (C=O) groups is 1. The molecule has 1 N–H and O–H groups in total. The molecule has 1 saturated carbocycles. The van der Waals surface area contributed by atoms with Crippen LogP contribution in [0.25, 0.3) is 0 Å². The first kappa shape index (κ1) is 13.9. The van der Waals surface area contributed by atoms with E-state index in [0.717, 1.165) is 29.5 Å². The summed E-state index contributed by atoms with van der Waals surface area (Å²) in [5.74, 6) is -0.875. The Labute approximate surface area is 126 Å². The van der Waals surface area contributed by atoms with E-state index in [-0.39, 0.29) is 6.10 Å². The van der Waals surface area contributed by atoms with Crippen LogP contribution in [0.15, 0.2) is 22.7 Å². The standard InChI is InChI=1S/C15H18BrNO3/c16-10-5-6-12(11(9-10)15(18)19)17-7-8-20-14-4-2-1-3-13(14)17/h5-6,9,13-14H,1-4,7-8H2,(H,18,19). The Hall–Kier alpha value is -1.07. The predicted octanol–water partition coefficient (Wildman–Crippen LogP) is 3.30. The number of ether oxygens (including phenoxy) is 1. The lowest BCUT2D eigenvalue weighted by Crippen LogP contribution is -2.53. The van der Waals surface area contributed by atoms with Crippen molar-refractivity contribution in [1.82, 2.24) is 0 Å². The Morgan fingerprint density at radius 3 is 2.95 bits per heavy atom. The van der Waals surface area contributed by atoms with Crippen LogP contribution in [0, 0.1) is 0 Å². The highest BCUT2D eigenvalue weighted by Gasteiger charge is 2.35. The van der Waals surface area contributed by atoms with Gasteiger partial charge in [-0.15, -0.1) is 0 Å². The zero-order valence-corrected chi connectivity index (χ0v) is 12.8. The molecule has 2 fully saturated rings. The molecule has 0 spiro atoms. The van der Waals surface area contributed by atoms with Crippen molar-refractivity contribution >= 4 is 27.6 Å². The number of hydrogen-bond acceptors (Lipinski definition) is 3. The highest BCUT2D eigenvalue weighted by molar-refractivity contribution is 9.10. The molecule has 0 bridgehead atoms. The highest BCUT2D eigenvalue weighted by atomic mass is 79.9. The third-order valence-electron chi connectivity index (χ3n) is 4.23. The van der Waals surface area contributed by atoms with Gasteiger partial charge >= 0.3 is 5.97 Å². The number of carboxylic acids is 1. The normalized spacial score (nSPS) is 26.1. The largest absolute Gasteiger partial charge is 0.478 e. The first-order chi connectivity index (χ1) is 9.66. The molecule has 1 aliphatic carbocycles. The summed E-state index contributed by atoms with van der Waals surface area (Å²) in [5.41, 5.74) is 1.19. The van der Waals surface area contributed by atoms with Gasteiger partial charge in [-0.05, 0) is 31.0 Å². The van der Waals surface area contributed by atoms with Gasteiger partial charge in [0.2, 0.25) is 0 Å². The molecule has 108 valence electrons. The summed E-state index contributed by atoms with van der Waals surface area (Å²) in [6.07, 6.45) is 4.82. The molecule has 2 aliphatic rings. The third-order valence-corrected chi connectivity index (χ3v) is 4.72. The molecule has 3 rings (SSSR count). The first-order valence-corrected chi connectivity index (χ1v) is 7.87. The van der Waals surface area contributed by atoms with E-state index in [2.05, 4.69) is 20.8 Å². The predicted molar refractivity (Wildman–Crippen MR) is 80.4 cm³/mol. The van der Waals surface area contributed by atoms with Gasteiger partial charge in [-0.3, -0.25) is 0 Å². The van der Waals surface area contributed by atoms with Gasteiger partial charge in [0, 0.05) is 11.0 Å². The van der Waals surface area contributed by atoms with Crippen molar-refractivity contribution in [2.45, 2.75) is 37.8 Å². The van der Waals surface area contributed by atoms with Crippen LogP contribution in [0.1, 0.15) is 36.0 Å². The molecule has 1 heterocycles. The summed E-state index contributed by atoms with van der Waals surface area (Å²) in [4.78, 5) is 13.7. The van der Waals surface area contributed by atoms with Gasteiger partial charge in [0.05, 0.1) is 30.0 Å². The number of hydrogen-bond donors (Lipinski definition) is 1. The summed E-state index contributed by atoms with van der Waals surface area (Å²) < 4.78 is 6.66. The Morgan fingerprint density at radius 1 is 1.35 bits per heavy atom. The molecule has 1 aromatic rings. The fourth-order valence-corrected chi connectivity index (χ4v) is 3.69. The van der Waals surface area contributed by atoms with Crippen LogP contribution in [0.5, 0.6) is 0 Å². The fraction of sp³-hybridized carbons (Fsp3) is 0.533. The smallest absolute Gasteiger partial charge is 0.337 e. The van der Waals surface area contributed by atoms with Crippen LogP contribution in [-0.4, -0.2) is 36.4 Å². The molecule has 1 aromatic carbocycles. The third kappa shape index (κ3) is 2.56. The van der Waals surface area contributed by atoms with Gasteiger partial charge in [0.15, 0.2) is 0 Å². The van der Waals surface area contributed by atoms with Crippen molar-refractivity contribution in [3.63, 3.8) is 0 Å². The Bertz CT molecular complexity index is 518. The molecule has 1 aliphatic heterocycles. The van der Waals surface area contributed by atoms with Crippen LogP contribution in [-0.2, 0) is 4.74 Å². The van der Waals surface area contributed by atoms with Gasteiger partial charge < -0.3 is 14.7 Å². The van der Waals surface area contributed by atoms with Crippen LogP contribution >= 0.6 is 15.9 Å². The topological polar surface area (TPSA) is 49.8 Å². The number of carboxylic acid groups (broad SMARTS) is 1. The second-order valence-corrected chi connectivity index (χ2v) is 6.34. The number of benzene rings is 1. The SMILES string of the molecule is O=C(O)c1cc(Br)ccc1N1CCOC2CCCCC21. The summed E-state index contributed by atoms with van der Waals surface area (Å²) in [6, 6.07) is 5.82. The van der Waals surface area contributed by atoms with E-state index in [1.165, 1.54) is 12.8 Å². The summed E-state index contributed by atoms with van der Waals surface area (Å²) in [6.45, 7) is 1.44. The number of aromatic carboxylic acids is 1. The zero-order chi connectivity index (χ0) is 14.1.